The van der Waals surface area contributed by atoms with Gasteiger partial charge in [0.25, 0.3) is 0 Å². The molecule has 1 aromatic heterocycles. The summed E-state index contributed by atoms with van der Waals surface area (Å²) in [7, 11) is 0. The molecule has 1 heterocycles. The molecule has 102 valence electrons. The van der Waals surface area contributed by atoms with Crippen LogP contribution < -0.4 is 0 Å². The number of hydrogen-bond donors (Lipinski definition) is 1. The Kier molecular flexibility index (Phi) is 5.65. The lowest BCUT2D eigenvalue weighted by atomic mass is 9.96. The van der Waals surface area contributed by atoms with Crippen molar-refractivity contribution in [2.24, 2.45) is 0 Å². The number of aromatic nitrogens is 3. The van der Waals surface area contributed by atoms with Crippen LogP contribution in [0.1, 0.15) is 70.3 Å². The average molecular weight is 251 g/mol. The zero-order chi connectivity index (χ0) is 12.6. The summed E-state index contributed by atoms with van der Waals surface area (Å²) in [6, 6.07) is 0.118. The lowest BCUT2D eigenvalue weighted by Gasteiger charge is -2.23. The van der Waals surface area contributed by atoms with Gasteiger partial charge in [0, 0.05) is 0 Å². The SMILES string of the molecule is OC1CCCCCCCCCCC1n1cncn1. The predicted molar refractivity (Wildman–Crippen MR) is 71.2 cm³/mol. The van der Waals surface area contributed by atoms with E-state index in [1.54, 1.807) is 12.7 Å². The van der Waals surface area contributed by atoms with Gasteiger partial charge in [0.05, 0.1) is 12.1 Å². The van der Waals surface area contributed by atoms with Crippen LogP contribution in [0.25, 0.3) is 0 Å². The van der Waals surface area contributed by atoms with Gasteiger partial charge in [-0.3, -0.25) is 0 Å². The summed E-state index contributed by atoms with van der Waals surface area (Å²) in [4.78, 5) is 4.00. The van der Waals surface area contributed by atoms with Crippen LogP contribution in [0.3, 0.4) is 0 Å². The normalized spacial score (nSPS) is 28.3. The maximum atomic E-state index is 10.3. The molecule has 4 heteroatoms. The Hall–Kier alpha value is -0.900. The Morgan fingerprint density at radius 1 is 0.889 bits per heavy atom. The lowest BCUT2D eigenvalue weighted by Crippen LogP contribution is -2.25. The van der Waals surface area contributed by atoms with Crippen LogP contribution in [-0.4, -0.2) is 26.0 Å². The van der Waals surface area contributed by atoms with Gasteiger partial charge in [0.15, 0.2) is 0 Å². The van der Waals surface area contributed by atoms with Gasteiger partial charge in [-0.25, -0.2) is 9.67 Å². The van der Waals surface area contributed by atoms with Crippen LogP contribution in [0.5, 0.6) is 0 Å². The van der Waals surface area contributed by atoms with Crippen molar-refractivity contribution >= 4 is 0 Å². The maximum absolute atomic E-state index is 10.3. The first-order valence-electron chi connectivity index (χ1n) is 7.40. The summed E-state index contributed by atoms with van der Waals surface area (Å²) in [5.74, 6) is 0. The average Bonchev–Trinajstić information content (AvgIpc) is 2.87. The smallest absolute Gasteiger partial charge is 0.137 e. The van der Waals surface area contributed by atoms with Gasteiger partial charge in [-0.15, -0.1) is 0 Å². The van der Waals surface area contributed by atoms with Gasteiger partial charge in [-0.05, 0) is 12.8 Å². The Morgan fingerprint density at radius 2 is 1.50 bits per heavy atom. The van der Waals surface area contributed by atoms with Crippen molar-refractivity contribution in [3.05, 3.63) is 12.7 Å². The first kappa shape index (κ1) is 13.5. The fourth-order valence-corrected chi connectivity index (χ4v) is 2.85. The molecule has 0 spiro atoms. The fraction of sp³-hybridized carbons (Fsp3) is 0.857. The highest BCUT2D eigenvalue weighted by Gasteiger charge is 2.21. The molecule has 0 amide bonds. The zero-order valence-corrected chi connectivity index (χ0v) is 11.2. The van der Waals surface area contributed by atoms with E-state index in [0.29, 0.717) is 0 Å². The van der Waals surface area contributed by atoms with Crippen molar-refractivity contribution in [1.82, 2.24) is 14.8 Å². The van der Waals surface area contributed by atoms with Crippen LogP contribution in [0.4, 0.5) is 0 Å². The largest absolute Gasteiger partial charge is 0.391 e. The van der Waals surface area contributed by atoms with Crippen molar-refractivity contribution < 1.29 is 5.11 Å². The number of rotatable bonds is 1. The van der Waals surface area contributed by atoms with E-state index >= 15 is 0 Å². The van der Waals surface area contributed by atoms with E-state index in [9.17, 15) is 5.11 Å². The van der Waals surface area contributed by atoms with Crippen molar-refractivity contribution in [3.63, 3.8) is 0 Å². The highest BCUT2D eigenvalue weighted by Crippen LogP contribution is 2.24. The summed E-state index contributed by atoms with van der Waals surface area (Å²) in [5.41, 5.74) is 0. The van der Waals surface area contributed by atoms with E-state index in [1.165, 1.54) is 44.9 Å². The second kappa shape index (κ2) is 7.52. The van der Waals surface area contributed by atoms with Gasteiger partial charge in [0.2, 0.25) is 0 Å². The monoisotopic (exact) mass is 251 g/mol. The minimum absolute atomic E-state index is 0.118. The highest BCUT2D eigenvalue weighted by atomic mass is 16.3. The number of nitrogens with zero attached hydrogens (tertiary/aromatic N) is 3. The van der Waals surface area contributed by atoms with Crippen molar-refractivity contribution in [2.45, 2.75) is 76.4 Å². The Balaban J connectivity index is 1.94. The van der Waals surface area contributed by atoms with Crippen molar-refractivity contribution in [1.29, 1.82) is 0 Å². The molecule has 2 rings (SSSR count). The van der Waals surface area contributed by atoms with E-state index in [0.717, 1.165) is 19.3 Å². The maximum Gasteiger partial charge on any atom is 0.137 e. The van der Waals surface area contributed by atoms with Gasteiger partial charge in [0.1, 0.15) is 12.7 Å². The van der Waals surface area contributed by atoms with Gasteiger partial charge in [-0.2, -0.15) is 5.10 Å². The van der Waals surface area contributed by atoms with Crippen LogP contribution in [0.2, 0.25) is 0 Å². The molecule has 4 nitrogen and oxygen atoms in total. The molecule has 0 radical (unpaired) electrons. The molecule has 0 saturated heterocycles. The number of aliphatic hydroxyl groups excluding tert-OH is 1. The Bertz CT molecular complexity index is 313. The second-order valence-electron chi connectivity index (χ2n) is 5.42. The summed E-state index contributed by atoms with van der Waals surface area (Å²) >= 11 is 0. The third-order valence-corrected chi connectivity index (χ3v) is 3.97. The molecule has 1 aliphatic carbocycles. The molecule has 1 saturated carbocycles. The van der Waals surface area contributed by atoms with Gasteiger partial charge >= 0.3 is 0 Å². The first-order chi connectivity index (χ1) is 8.88. The van der Waals surface area contributed by atoms with Crippen molar-refractivity contribution in [3.8, 4) is 0 Å². The van der Waals surface area contributed by atoms with Gasteiger partial charge < -0.3 is 5.11 Å². The van der Waals surface area contributed by atoms with Crippen LogP contribution in [0.15, 0.2) is 12.7 Å². The van der Waals surface area contributed by atoms with E-state index < -0.39 is 0 Å². The predicted octanol–water partition coefficient (Wildman–Crippen LogP) is 3.09. The number of hydrogen-bond acceptors (Lipinski definition) is 3. The molecular weight excluding hydrogens is 226 g/mol. The third-order valence-electron chi connectivity index (χ3n) is 3.97. The molecule has 1 N–H and O–H groups in total. The molecule has 18 heavy (non-hydrogen) atoms. The summed E-state index contributed by atoms with van der Waals surface area (Å²) in [5, 5.41) is 14.5. The minimum Gasteiger partial charge on any atom is -0.391 e. The third kappa shape index (κ3) is 4.09. The zero-order valence-electron chi connectivity index (χ0n) is 11.2. The van der Waals surface area contributed by atoms with E-state index in [1.807, 2.05) is 4.68 Å². The summed E-state index contributed by atoms with van der Waals surface area (Å²) in [6.45, 7) is 0. The molecule has 2 unspecified atom stereocenters. The second-order valence-corrected chi connectivity index (χ2v) is 5.42. The lowest BCUT2D eigenvalue weighted by molar-refractivity contribution is 0.0874. The van der Waals surface area contributed by atoms with Crippen molar-refractivity contribution in [2.75, 3.05) is 0 Å². The molecule has 0 bridgehead atoms. The van der Waals surface area contributed by atoms with E-state index in [4.69, 9.17) is 0 Å². The highest BCUT2D eigenvalue weighted by molar-refractivity contribution is 4.76. The van der Waals surface area contributed by atoms with Crippen LogP contribution in [0, 0.1) is 0 Å². The Labute approximate surface area is 109 Å². The van der Waals surface area contributed by atoms with E-state index in [2.05, 4.69) is 10.1 Å². The molecule has 0 aromatic carbocycles. The number of aliphatic hydroxyl groups is 1. The quantitative estimate of drug-likeness (QED) is 0.834. The molecule has 2 atom stereocenters. The minimum atomic E-state index is -0.272. The fourth-order valence-electron chi connectivity index (χ4n) is 2.85. The molecular formula is C14H25N3O. The summed E-state index contributed by atoms with van der Waals surface area (Å²) < 4.78 is 1.84. The van der Waals surface area contributed by atoms with Crippen LogP contribution >= 0.6 is 0 Å². The summed E-state index contributed by atoms with van der Waals surface area (Å²) in [6.07, 6.45) is 15.2. The standard InChI is InChI=1S/C14H25N3O/c18-14-10-8-6-4-2-1-3-5-7-9-13(14)17-12-15-11-16-17/h11-14,18H,1-10H2. The van der Waals surface area contributed by atoms with Gasteiger partial charge in [-0.1, -0.05) is 51.4 Å². The Morgan fingerprint density at radius 3 is 2.11 bits per heavy atom. The molecule has 0 aliphatic heterocycles. The first-order valence-corrected chi connectivity index (χ1v) is 7.40. The molecule has 1 fully saturated rings. The molecule has 1 aromatic rings. The topological polar surface area (TPSA) is 50.9 Å². The van der Waals surface area contributed by atoms with Crippen LogP contribution in [-0.2, 0) is 0 Å². The van der Waals surface area contributed by atoms with E-state index in [-0.39, 0.29) is 12.1 Å². The molecule has 1 aliphatic rings.